The molecule has 4 rings (SSSR count). The third-order valence-electron chi connectivity index (χ3n) is 6.68. The van der Waals surface area contributed by atoms with Crippen LogP contribution in [0.25, 0.3) is 10.9 Å². The Morgan fingerprint density at radius 2 is 2.03 bits per heavy atom. The molecule has 2 aromatic rings. The van der Waals surface area contributed by atoms with Crippen molar-refractivity contribution in [3.63, 3.8) is 0 Å². The number of para-hydroxylation sites is 1. The number of aromatic nitrogens is 1. The lowest BCUT2D eigenvalue weighted by Gasteiger charge is -2.44. The van der Waals surface area contributed by atoms with E-state index in [1.54, 1.807) is 0 Å². The van der Waals surface area contributed by atoms with E-state index in [1.165, 1.54) is 0 Å². The van der Waals surface area contributed by atoms with Gasteiger partial charge in [0.15, 0.2) is 0 Å². The molecule has 0 radical (unpaired) electrons. The molecule has 7 heteroatoms. The van der Waals surface area contributed by atoms with Crippen LogP contribution in [-0.2, 0) is 14.3 Å². The zero-order valence-corrected chi connectivity index (χ0v) is 18.4. The number of rotatable bonds is 4. The molecule has 0 spiro atoms. The van der Waals surface area contributed by atoms with Crippen LogP contribution in [0.2, 0.25) is 0 Å². The van der Waals surface area contributed by atoms with Crippen LogP contribution in [-0.4, -0.2) is 54.3 Å². The molecule has 7 nitrogen and oxygen atoms in total. The number of benzene rings is 1. The Morgan fingerprint density at radius 1 is 1.23 bits per heavy atom. The first-order valence-electron chi connectivity index (χ1n) is 11.0. The van der Waals surface area contributed by atoms with Crippen LogP contribution in [0.5, 0.6) is 0 Å². The predicted molar refractivity (Wildman–Crippen MR) is 119 cm³/mol. The lowest BCUT2D eigenvalue weighted by Crippen LogP contribution is -2.54. The fraction of sp³-hybridized carbons (Fsp3) is 0.542. The zero-order chi connectivity index (χ0) is 22.2. The van der Waals surface area contributed by atoms with Crippen molar-refractivity contribution in [2.24, 2.45) is 17.3 Å². The minimum atomic E-state index is -0.870. The Hall–Kier alpha value is -2.67. The van der Waals surface area contributed by atoms with E-state index in [4.69, 9.17) is 9.72 Å². The van der Waals surface area contributed by atoms with Gasteiger partial charge in [0.1, 0.15) is 5.82 Å². The highest BCUT2D eigenvalue weighted by Gasteiger charge is 2.41. The van der Waals surface area contributed by atoms with Gasteiger partial charge in [-0.1, -0.05) is 32.0 Å². The summed E-state index contributed by atoms with van der Waals surface area (Å²) in [6.07, 6.45) is 1.14. The molecular formula is C24H31N3O4. The second kappa shape index (κ2) is 8.46. The summed E-state index contributed by atoms with van der Waals surface area (Å²) >= 11 is 0. The molecule has 31 heavy (non-hydrogen) atoms. The van der Waals surface area contributed by atoms with Crippen LogP contribution < -0.4 is 10.2 Å². The van der Waals surface area contributed by atoms with Crippen molar-refractivity contribution < 1.29 is 19.4 Å². The van der Waals surface area contributed by atoms with E-state index in [0.717, 1.165) is 41.8 Å². The molecule has 1 amide bonds. The number of pyridine rings is 1. The summed E-state index contributed by atoms with van der Waals surface area (Å²) in [7, 11) is 0. The number of carboxylic acids is 1. The summed E-state index contributed by atoms with van der Waals surface area (Å²) in [5.41, 5.74) is 1.93. The highest BCUT2D eigenvalue weighted by Crippen LogP contribution is 2.37. The van der Waals surface area contributed by atoms with Crippen molar-refractivity contribution >= 4 is 28.6 Å². The minimum Gasteiger partial charge on any atom is -0.481 e. The van der Waals surface area contributed by atoms with Gasteiger partial charge in [-0.15, -0.1) is 0 Å². The number of carbonyl (C=O) groups excluding carboxylic acids is 1. The lowest BCUT2D eigenvalue weighted by molar-refractivity contribution is -0.148. The number of anilines is 1. The summed E-state index contributed by atoms with van der Waals surface area (Å²) in [5, 5.41) is 13.4. The highest BCUT2D eigenvalue weighted by atomic mass is 16.5. The number of aliphatic carboxylic acids is 1. The Labute approximate surface area is 182 Å². The van der Waals surface area contributed by atoms with Crippen molar-refractivity contribution in [1.82, 2.24) is 10.3 Å². The van der Waals surface area contributed by atoms with Crippen LogP contribution in [0, 0.1) is 24.2 Å². The summed E-state index contributed by atoms with van der Waals surface area (Å²) in [6, 6.07) is 10.1. The molecule has 1 aromatic carbocycles. The number of fused-ring (bicyclic) bond motifs is 1. The molecule has 2 fully saturated rings. The smallest absolute Gasteiger partial charge is 0.308 e. The number of piperidine rings is 1. The van der Waals surface area contributed by atoms with E-state index >= 15 is 0 Å². The SMILES string of the molecule is Cc1cccc2ccc(N3CC[C@H](C(=O)N[C@H]4COC[C@H](C(=O)O)C4)C(C)(C)C3)nc12. The number of nitrogens with one attached hydrogen (secondary N) is 1. The maximum Gasteiger partial charge on any atom is 0.308 e. The number of amides is 1. The van der Waals surface area contributed by atoms with Crippen LogP contribution in [0.3, 0.4) is 0 Å². The van der Waals surface area contributed by atoms with E-state index < -0.39 is 11.9 Å². The Kier molecular flexibility index (Phi) is 5.88. The van der Waals surface area contributed by atoms with E-state index in [2.05, 4.69) is 55.3 Å². The van der Waals surface area contributed by atoms with Gasteiger partial charge in [0.2, 0.25) is 5.91 Å². The summed E-state index contributed by atoms with van der Waals surface area (Å²) in [5.74, 6) is -0.636. The van der Waals surface area contributed by atoms with Gasteiger partial charge in [0, 0.05) is 24.4 Å². The van der Waals surface area contributed by atoms with Gasteiger partial charge < -0.3 is 20.1 Å². The number of hydrogen-bond donors (Lipinski definition) is 2. The quantitative estimate of drug-likeness (QED) is 0.783. The fourth-order valence-electron chi connectivity index (χ4n) is 4.91. The lowest BCUT2D eigenvalue weighted by atomic mass is 9.73. The zero-order valence-electron chi connectivity index (χ0n) is 18.4. The van der Waals surface area contributed by atoms with Gasteiger partial charge in [0.05, 0.1) is 30.7 Å². The molecule has 1 aromatic heterocycles. The molecule has 2 N–H and O–H groups in total. The second-order valence-electron chi connectivity index (χ2n) is 9.58. The average Bonchev–Trinajstić information content (AvgIpc) is 2.73. The Morgan fingerprint density at radius 3 is 2.77 bits per heavy atom. The first-order valence-corrected chi connectivity index (χ1v) is 11.0. The molecule has 0 saturated carbocycles. The third kappa shape index (κ3) is 4.51. The number of carboxylic acid groups (broad SMARTS) is 1. The molecule has 3 heterocycles. The molecule has 0 aliphatic carbocycles. The number of hydrogen-bond acceptors (Lipinski definition) is 5. The van der Waals surface area contributed by atoms with Crippen LogP contribution >= 0.6 is 0 Å². The van der Waals surface area contributed by atoms with Crippen LogP contribution in [0.15, 0.2) is 30.3 Å². The number of nitrogens with zero attached hydrogens (tertiary/aromatic N) is 2. The molecule has 0 bridgehead atoms. The topological polar surface area (TPSA) is 91.8 Å². The normalized spacial score (nSPS) is 25.9. The van der Waals surface area contributed by atoms with Crippen LogP contribution in [0.1, 0.15) is 32.3 Å². The molecule has 2 aliphatic heterocycles. The predicted octanol–water partition coefficient (Wildman–Crippen LogP) is 3.00. The van der Waals surface area contributed by atoms with Crippen molar-refractivity contribution in [2.45, 2.75) is 39.7 Å². The molecule has 166 valence electrons. The summed E-state index contributed by atoms with van der Waals surface area (Å²) in [4.78, 5) is 31.5. The minimum absolute atomic E-state index is 0.00777. The molecule has 3 atom stereocenters. The molecule has 2 aliphatic rings. The molecular weight excluding hydrogens is 394 g/mol. The van der Waals surface area contributed by atoms with Gasteiger partial charge in [-0.2, -0.15) is 0 Å². The average molecular weight is 426 g/mol. The van der Waals surface area contributed by atoms with Gasteiger partial charge in [-0.3, -0.25) is 9.59 Å². The standard InChI is InChI=1S/C24H31N3O4/c1-15-5-4-6-16-7-8-20(26-21(15)16)27-10-9-19(24(2,3)14-27)22(28)25-18-11-17(23(29)30)12-31-13-18/h4-8,17-19H,9-14H2,1-3H3,(H,25,28)(H,29,30)/t17-,18-,19-/m1/s1. The fourth-order valence-corrected chi connectivity index (χ4v) is 4.91. The van der Waals surface area contributed by atoms with E-state index in [-0.39, 0.29) is 29.9 Å². The molecule has 0 unspecified atom stereocenters. The third-order valence-corrected chi connectivity index (χ3v) is 6.68. The first kappa shape index (κ1) is 21.6. The monoisotopic (exact) mass is 425 g/mol. The summed E-state index contributed by atoms with van der Waals surface area (Å²) < 4.78 is 5.40. The highest BCUT2D eigenvalue weighted by molar-refractivity contribution is 5.83. The molecule has 2 saturated heterocycles. The van der Waals surface area contributed by atoms with Gasteiger partial charge in [-0.05, 0) is 42.9 Å². The maximum absolute atomic E-state index is 13.1. The van der Waals surface area contributed by atoms with E-state index in [0.29, 0.717) is 13.0 Å². The first-order chi connectivity index (χ1) is 14.7. The van der Waals surface area contributed by atoms with Crippen molar-refractivity contribution in [2.75, 3.05) is 31.2 Å². The number of carbonyl (C=O) groups is 2. The van der Waals surface area contributed by atoms with Gasteiger partial charge in [-0.25, -0.2) is 4.98 Å². The van der Waals surface area contributed by atoms with Gasteiger partial charge in [0.25, 0.3) is 0 Å². The summed E-state index contributed by atoms with van der Waals surface area (Å²) in [6.45, 7) is 8.38. The van der Waals surface area contributed by atoms with Gasteiger partial charge >= 0.3 is 5.97 Å². The van der Waals surface area contributed by atoms with Crippen molar-refractivity contribution in [1.29, 1.82) is 0 Å². The van der Waals surface area contributed by atoms with E-state index in [1.807, 2.05) is 6.07 Å². The van der Waals surface area contributed by atoms with Crippen LogP contribution in [0.4, 0.5) is 5.82 Å². The maximum atomic E-state index is 13.1. The van der Waals surface area contributed by atoms with Crippen molar-refractivity contribution in [3.8, 4) is 0 Å². The number of ether oxygens (including phenoxy) is 1. The van der Waals surface area contributed by atoms with Crippen molar-refractivity contribution in [3.05, 3.63) is 35.9 Å². The number of aryl methyl sites for hydroxylation is 1. The van der Waals surface area contributed by atoms with E-state index in [9.17, 15) is 14.7 Å². The Balaban J connectivity index is 1.44. The Bertz CT molecular complexity index is 990. The second-order valence-corrected chi connectivity index (χ2v) is 9.58. The largest absolute Gasteiger partial charge is 0.481 e.